The molecule has 0 aliphatic carbocycles. The number of likely N-dealkylation sites (tertiary alicyclic amines) is 1. The van der Waals surface area contributed by atoms with Gasteiger partial charge in [0.25, 0.3) is 5.91 Å². The monoisotopic (exact) mass is 398 g/mol. The van der Waals surface area contributed by atoms with E-state index in [0.717, 1.165) is 32.5 Å². The minimum Gasteiger partial charge on any atom is -0.486 e. The van der Waals surface area contributed by atoms with Crippen LogP contribution in [0.3, 0.4) is 0 Å². The van der Waals surface area contributed by atoms with Gasteiger partial charge in [0, 0.05) is 50.4 Å². The van der Waals surface area contributed by atoms with Crippen molar-refractivity contribution in [3.05, 3.63) is 22.7 Å². The number of methoxy groups -OCH3 is 1. The number of carbonyl (C=O) groups is 1. The van der Waals surface area contributed by atoms with Gasteiger partial charge in [-0.15, -0.1) is 0 Å². The van der Waals surface area contributed by atoms with Gasteiger partial charge in [-0.1, -0.05) is 11.6 Å². The summed E-state index contributed by atoms with van der Waals surface area (Å²) in [5.74, 6) is 0.675. The van der Waals surface area contributed by atoms with E-state index in [0.29, 0.717) is 48.4 Å². The molecule has 1 aromatic rings. The molecule has 2 atom stereocenters. The molecule has 1 aromatic carbocycles. The first-order chi connectivity index (χ1) is 13.1. The Hall–Kier alpha value is -1.54. The van der Waals surface area contributed by atoms with Gasteiger partial charge in [0.15, 0.2) is 11.5 Å². The summed E-state index contributed by atoms with van der Waals surface area (Å²) in [7, 11) is 1.69. The molecule has 2 heterocycles. The number of benzene rings is 1. The maximum Gasteiger partial charge on any atom is 0.255 e. The Morgan fingerprint density at radius 1 is 1.41 bits per heavy atom. The van der Waals surface area contributed by atoms with Gasteiger partial charge in [0.05, 0.1) is 11.7 Å². The van der Waals surface area contributed by atoms with Crippen molar-refractivity contribution in [2.45, 2.75) is 18.9 Å². The van der Waals surface area contributed by atoms with Crippen LogP contribution in [0.5, 0.6) is 11.5 Å². The van der Waals surface area contributed by atoms with Gasteiger partial charge in [0.1, 0.15) is 13.2 Å². The summed E-state index contributed by atoms with van der Waals surface area (Å²) < 4.78 is 16.2. The third kappa shape index (κ3) is 5.25. The predicted octanol–water partition coefficient (Wildman–Crippen LogP) is 1.56. The van der Waals surface area contributed by atoms with Crippen LogP contribution in [0.2, 0.25) is 5.02 Å². The number of carbonyl (C=O) groups excluding carboxylic acids is 1. The van der Waals surface area contributed by atoms with E-state index >= 15 is 0 Å². The predicted molar refractivity (Wildman–Crippen MR) is 102 cm³/mol. The molecule has 2 aliphatic rings. The van der Waals surface area contributed by atoms with Crippen LogP contribution in [0, 0.1) is 5.92 Å². The fourth-order valence-electron chi connectivity index (χ4n) is 3.53. The highest BCUT2D eigenvalue weighted by molar-refractivity contribution is 6.31. The quantitative estimate of drug-likeness (QED) is 0.678. The Kier molecular flexibility index (Phi) is 7.18. The number of halogens is 1. The van der Waals surface area contributed by atoms with Crippen LogP contribution in [0.1, 0.15) is 23.2 Å². The fourth-order valence-corrected chi connectivity index (χ4v) is 3.74. The Morgan fingerprint density at radius 2 is 2.22 bits per heavy atom. The lowest BCUT2D eigenvalue weighted by Gasteiger charge is -2.36. The van der Waals surface area contributed by atoms with Crippen LogP contribution in [0.4, 0.5) is 0 Å². The summed E-state index contributed by atoms with van der Waals surface area (Å²) in [6, 6.07) is 3.23. The van der Waals surface area contributed by atoms with Crippen LogP contribution in [0.25, 0.3) is 0 Å². The molecule has 0 aromatic heterocycles. The van der Waals surface area contributed by atoms with E-state index in [-0.39, 0.29) is 11.8 Å². The molecule has 27 heavy (non-hydrogen) atoms. The number of aliphatic hydroxyl groups is 1. The lowest BCUT2D eigenvalue weighted by molar-refractivity contribution is 0.0192. The van der Waals surface area contributed by atoms with Crippen molar-refractivity contribution < 1.29 is 24.1 Å². The van der Waals surface area contributed by atoms with Crippen molar-refractivity contribution in [3.8, 4) is 11.5 Å². The highest BCUT2D eigenvalue weighted by Gasteiger charge is 2.28. The van der Waals surface area contributed by atoms with E-state index < -0.39 is 6.10 Å². The van der Waals surface area contributed by atoms with E-state index in [4.69, 9.17) is 25.8 Å². The van der Waals surface area contributed by atoms with Crippen LogP contribution in [-0.4, -0.2) is 75.1 Å². The first-order valence-corrected chi connectivity index (χ1v) is 9.73. The summed E-state index contributed by atoms with van der Waals surface area (Å²) in [4.78, 5) is 14.9. The number of nitrogens with zero attached hydrogens (tertiary/aromatic N) is 1. The summed E-state index contributed by atoms with van der Waals surface area (Å²) in [5, 5.41) is 13.8. The molecule has 0 radical (unpaired) electrons. The molecule has 150 valence electrons. The minimum absolute atomic E-state index is 0.0276. The first kappa shape index (κ1) is 20.2. The van der Waals surface area contributed by atoms with Gasteiger partial charge in [-0.25, -0.2) is 0 Å². The number of ether oxygens (including phenoxy) is 3. The third-order valence-corrected chi connectivity index (χ3v) is 5.22. The molecule has 3 rings (SSSR count). The molecule has 0 saturated carbocycles. The number of piperidine rings is 1. The van der Waals surface area contributed by atoms with Crippen LogP contribution in [-0.2, 0) is 4.74 Å². The molecule has 0 bridgehead atoms. The van der Waals surface area contributed by atoms with Crippen molar-refractivity contribution in [2.24, 2.45) is 5.92 Å². The highest BCUT2D eigenvalue weighted by Crippen LogP contribution is 2.36. The van der Waals surface area contributed by atoms with Crippen molar-refractivity contribution in [1.29, 1.82) is 0 Å². The fraction of sp³-hybridized carbons (Fsp3) is 0.632. The maximum absolute atomic E-state index is 12.6. The maximum atomic E-state index is 12.6. The average molecular weight is 399 g/mol. The molecule has 0 unspecified atom stereocenters. The summed E-state index contributed by atoms with van der Waals surface area (Å²) >= 11 is 6.10. The van der Waals surface area contributed by atoms with E-state index in [1.54, 1.807) is 19.2 Å². The Labute approximate surface area is 164 Å². The topological polar surface area (TPSA) is 80.3 Å². The Balaban J connectivity index is 1.53. The molecule has 1 saturated heterocycles. The number of hydrogen-bond donors (Lipinski definition) is 2. The summed E-state index contributed by atoms with van der Waals surface area (Å²) in [5.41, 5.74) is 0.365. The molecule has 8 heteroatoms. The zero-order chi connectivity index (χ0) is 19.2. The standard InChI is InChI=1S/C19H27ClN2O5/c1-25-6-2-4-22-5-3-13(16(23)12-22)11-21-19(24)15-9-14(20)10-17-18(15)27-8-7-26-17/h9-10,13,16,23H,2-8,11-12H2,1H3,(H,21,24)/t13-,16+/m1/s1. The van der Waals surface area contributed by atoms with Crippen molar-refractivity contribution >= 4 is 17.5 Å². The number of aliphatic hydroxyl groups excluding tert-OH is 1. The zero-order valence-electron chi connectivity index (χ0n) is 15.6. The van der Waals surface area contributed by atoms with Crippen molar-refractivity contribution in [2.75, 3.05) is 53.1 Å². The second-order valence-electron chi connectivity index (χ2n) is 6.95. The largest absolute Gasteiger partial charge is 0.486 e. The smallest absolute Gasteiger partial charge is 0.255 e. The van der Waals surface area contributed by atoms with E-state index in [9.17, 15) is 9.90 Å². The number of hydrogen-bond acceptors (Lipinski definition) is 6. The average Bonchev–Trinajstić information content (AvgIpc) is 2.66. The number of nitrogens with one attached hydrogen (secondary N) is 1. The van der Waals surface area contributed by atoms with E-state index in [1.165, 1.54) is 0 Å². The molecule has 2 aliphatic heterocycles. The first-order valence-electron chi connectivity index (χ1n) is 9.35. The second-order valence-corrected chi connectivity index (χ2v) is 7.39. The lowest BCUT2D eigenvalue weighted by Crippen LogP contribution is -2.48. The van der Waals surface area contributed by atoms with Gasteiger partial charge in [-0.05, 0) is 25.5 Å². The molecule has 1 amide bonds. The summed E-state index contributed by atoms with van der Waals surface area (Å²) in [6.45, 7) is 4.41. The van der Waals surface area contributed by atoms with Gasteiger partial charge in [0.2, 0.25) is 0 Å². The second kappa shape index (κ2) is 9.59. The molecule has 7 nitrogen and oxygen atoms in total. The van der Waals surface area contributed by atoms with Gasteiger partial charge in [-0.3, -0.25) is 4.79 Å². The van der Waals surface area contributed by atoms with E-state index in [2.05, 4.69) is 10.2 Å². The third-order valence-electron chi connectivity index (χ3n) is 5.00. The van der Waals surface area contributed by atoms with Crippen molar-refractivity contribution in [3.63, 3.8) is 0 Å². The van der Waals surface area contributed by atoms with Crippen LogP contribution in [0.15, 0.2) is 12.1 Å². The molecule has 0 spiro atoms. The van der Waals surface area contributed by atoms with Crippen LogP contribution < -0.4 is 14.8 Å². The zero-order valence-corrected chi connectivity index (χ0v) is 16.3. The number of amides is 1. The van der Waals surface area contributed by atoms with Gasteiger partial charge >= 0.3 is 0 Å². The highest BCUT2D eigenvalue weighted by atomic mass is 35.5. The Bertz CT molecular complexity index is 657. The normalized spacial score (nSPS) is 22.5. The van der Waals surface area contributed by atoms with Crippen LogP contribution >= 0.6 is 11.6 Å². The molecular weight excluding hydrogens is 372 g/mol. The lowest BCUT2D eigenvalue weighted by atomic mass is 9.93. The SMILES string of the molecule is COCCCN1CC[C@H](CNC(=O)c2cc(Cl)cc3c2OCCO3)[C@@H](O)C1. The molecule has 2 N–H and O–H groups in total. The number of fused-ring (bicyclic) bond motifs is 1. The minimum atomic E-state index is -0.463. The molecule has 1 fully saturated rings. The van der Waals surface area contributed by atoms with Crippen molar-refractivity contribution in [1.82, 2.24) is 10.2 Å². The van der Waals surface area contributed by atoms with Gasteiger partial charge in [-0.2, -0.15) is 0 Å². The van der Waals surface area contributed by atoms with E-state index in [1.807, 2.05) is 0 Å². The number of rotatable bonds is 7. The summed E-state index contributed by atoms with van der Waals surface area (Å²) in [6.07, 6.45) is 1.32. The molecular formula is C19H27ClN2O5. The van der Waals surface area contributed by atoms with Gasteiger partial charge < -0.3 is 29.5 Å². The Morgan fingerprint density at radius 3 is 3.00 bits per heavy atom. The number of β-amino-alcohol motifs (C(OH)–C–C–N with tert-alkyl or cyclic N) is 1.